The predicted molar refractivity (Wildman–Crippen MR) is 35.7 cm³/mol. The molecule has 0 aliphatic carbocycles. The van der Waals surface area contributed by atoms with Crippen LogP contribution in [0.4, 0.5) is 0 Å². The quantitative estimate of drug-likeness (QED) is 0.377. The number of carbonyl (C=O) groups is 1. The molecular formula is C4H6O4S. The van der Waals surface area contributed by atoms with E-state index in [0.717, 1.165) is 6.08 Å². The molecule has 0 aromatic carbocycles. The van der Waals surface area contributed by atoms with Gasteiger partial charge in [-0.15, -0.1) is 0 Å². The van der Waals surface area contributed by atoms with E-state index in [1.54, 1.807) is 0 Å². The average Bonchev–Trinajstić information content (AvgIpc) is 1.65. The first-order valence-corrected chi connectivity index (χ1v) is 2.18. The molecule has 0 heterocycles. The summed E-state index contributed by atoms with van der Waals surface area (Å²) >= 11 is 3.65. The third-order valence-electron chi connectivity index (χ3n) is 0.175. The molecule has 3 N–H and O–H groups in total. The summed E-state index contributed by atoms with van der Waals surface area (Å²) in [5.74, 6) is -0.981. The highest BCUT2D eigenvalue weighted by molar-refractivity contribution is 7.79. The van der Waals surface area contributed by atoms with Gasteiger partial charge in [-0.25, -0.2) is 4.79 Å². The van der Waals surface area contributed by atoms with Crippen LogP contribution in [0.15, 0.2) is 12.7 Å². The first-order valence-electron chi connectivity index (χ1n) is 1.78. The molecule has 0 aromatic heterocycles. The molecule has 0 unspecified atom stereocenters. The van der Waals surface area contributed by atoms with Crippen LogP contribution < -0.4 is 0 Å². The second-order valence-corrected chi connectivity index (χ2v) is 1.19. The van der Waals surface area contributed by atoms with Crippen molar-refractivity contribution in [3.05, 3.63) is 12.7 Å². The number of aliphatic hydroxyl groups excluding tert-OH is 1. The number of rotatable bonds is 1. The predicted octanol–water partition coefficient (Wildman–Crippen LogP) is 0.644. The van der Waals surface area contributed by atoms with E-state index < -0.39 is 11.2 Å². The monoisotopic (exact) mass is 150 g/mol. The lowest BCUT2D eigenvalue weighted by Gasteiger charge is -1.65. The van der Waals surface area contributed by atoms with Gasteiger partial charge in [-0.05, 0) is 0 Å². The Bertz CT molecular complexity index is 116. The lowest BCUT2D eigenvalue weighted by atomic mass is 10.7. The van der Waals surface area contributed by atoms with Gasteiger partial charge in [0.1, 0.15) is 0 Å². The molecule has 4 nitrogen and oxygen atoms in total. The second kappa shape index (κ2) is 6.90. The van der Waals surface area contributed by atoms with Crippen molar-refractivity contribution in [1.29, 1.82) is 0 Å². The molecule has 0 bridgehead atoms. The summed E-state index contributed by atoms with van der Waals surface area (Å²) in [5.41, 5.74) is 0. The van der Waals surface area contributed by atoms with E-state index >= 15 is 0 Å². The molecule has 0 saturated heterocycles. The number of hydrogen-bond donors (Lipinski definition) is 3. The Kier molecular flexibility index (Phi) is 8.28. The summed E-state index contributed by atoms with van der Waals surface area (Å²) in [4.78, 5) is 9.25. The Hall–Kier alpha value is -1.10. The highest BCUT2D eigenvalue weighted by atomic mass is 32.1. The maximum absolute atomic E-state index is 9.25. The Labute approximate surface area is 57.1 Å². The SMILES string of the molecule is C=CC(=O)O.OC(O)=S. The third kappa shape index (κ3) is 205. The van der Waals surface area contributed by atoms with Crippen molar-refractivity contribution in [3.8, 4) is 0 Å². The standard InChI is InChI=1S/C3H4O2.CH2O2S/c1-2-3(4)5;2-1(3)4/h2H,1H2,(H,4,5);(H2,2,3,4). The minimum Gasteiger partial charge on any atom is -0.478 e. The molecule has 0 aliphatic rings. The van der Waals surface area contributed by atoms with E-state index in [0.29, 0.717) is 0 Å². The number of hydrogen-bond acceptors (Lipinski definition) is 2. The van der Waals surface area contributed by atoms with Crippen LogP contribution in [-0.4, -0.2) is 26.5 Å². The van der Waals surface area contributed by atoms with Gasteiger partial charge in [-0.3, -0.25) is 0 Å². The number of carboxylic acid groups (broad SMARTS) is 1. The zero-order valence-corrected chi connectivity index (χ0v) is 5.26. The van der Waals surface area contributed by atoms with E-state index in [4.69, 9.17) is 15.3 Å². The molecular weight excluding hydrogens is 144 g/mol. The van der Waals surface area contributed by atoms with Gasteiger partial charge in [-0.2, -0.15) is 0 Å². The number of aliphatic hydroxyl groups is 2. The van der Waals surface area contributed by atoms with Crippen LogP contribution in [0.2, 0.25) is 0 Å². The fraction of sp³-hybridized carbons (Fsp3) is 0. The molecule has 0 aromatic rings. The van der Waals surface area contributed by atoms with E-state index in [1.807, 2.05) is 0 Å². The van der Waals surface area contributed by atoms with E-state index in [9.17, 15) is 4.79 Å². The van der Waals surface area contributed by atoms with Crippen molar-refractivity contribution in [2.45, 2.75) is 0 Å². The Morgan fingerprint density at radius 2 is 1.56 bits per heavy atom. The molecule has 9 heavy (non-hydrogen) atoms. The van der Waals surface area contributed by atoms with Crippen LogP contribution in [0.25, 0.3) is 0 Å². The molecule has 0 fully saturated rings. The van der Waals surface area contributed by atoms with Gasteiger partial charge in [0, 0.05) is 18.3 Å². The van der Waals surface area contributed by atoms with Crippen LogP contribution >= 0.6 is 12.2 Å². The number of aliphatic carboxylic acids is 1. The number of carboxylic acids is 1. The van der Waals surface area contributed by atoms with Crippen molar-refractivity contribution < 1.29 is 20.1 Å². The summed E-state index contributed by atoms with van der Waals surface area (Å²) in [7, 11) is 0. The van der Waals surface area contributed by atoms with Gasteiger partial charge >= 0.3 is 11.2 Å². The molecule has 0 saturated carbocycles. The first kappa shape index (κ1) is 10.8. The van der Waals surface area contributed by atoms with Crippen molar-refractivity contribution in [2.75, 3.05) is 0 Å². The van der Waals surface area contributed by atoms with Crippen LogP contribution in [0.5, 0.6) is 0 Å². The second-order valence-electron chi connectivity index (χ2n) is 0.825. The topological polar surface area (TPSA) is 77.8 Å². The minimum atomic E-state index is -1.000. The highest BCUT2D eigenvalue weighted by Crippen LogP contribution is 1.54. The maximum atomic E-state index is 9.25. The highest BCUT2D eigenvalue weighted by Gasteiger charge is 1.73. The van der Waals surface area contributed by atoms with Crippen LogP contribution in [-0.2, 0) is 4.79 Å². The summed E-state index contributed by atoms with van der Waals surface area (Å²) < 4.78 is 0. The van der Waals surface area contributed by atoms with Crippen LogP contribution in [0.1, 0.15) is 0 Å². The summed E-state index contributed by atoms with van der Waals surface area (Å²) in [6, 6.07) is 0. The Morgan fingerprint density at radius 1 is 1.44 bits per heavy atom. The van der Waals surface area contributed by atoms with Gasteiger partial charge in [0.2, 0.25) is 0 Å². The number of thiocarbonyl (C=S) groups is 1. The van der Waals surface area contributed by atoms with Gasteiger partial charge in [0.05, 0.1) is 0 Å². The molecule has 5 heteroatoms. The van der Waals surface area contributed by atoms with Gasteiger partial charge in [-0.1, -0.05) is 6.58 Å². The lowest BCUT2D eigenvalue weighted by molar-refractivity contribution is -0.131. The zero-order valence-electron chi connectivity index (χ0n) is 4.44. The average molecular weight is 150 g/mol. The Morgan fingerprint density at radius 3 is 1.56 bits per heavy atom. The van der Waals surface area contributed by atoms with Crippen molar-refractivity contribution in [3.63, 3.8) is 0 Å². The lowest BCUT2D eigenvalue weighted by Crippen LogP contribution is -1.82. The fourth-order valence-electron chi connectivity index (χ4n) is 0. The Balaban J connectivity index is 0. The fourth-order valence-corrected chi connectivity index (χ4v) is 0. The first-order chi connectivity index (χ1) is 4.00. The third-order valence-corrected chi connectivity index (χ3v) is 0.175. The summed E-state index contributed by atoms with van der Waals surface area (Å²) in [6.45, 7) is 2.96. The summed E-state index contributed by atoms with van der Waals surface area (Å²) in [6.07, 6.45) is 0.833. The molecule has 52 valence electrons. The summed E-state index contributed by atoms with van der Waals surface area (Å²) in [5, 5.41) is 21.3. The molecule has 0 amide bonds. The van der Waals surface area contributed by atoms with Gasteiger partial charge < -0.3 is 15.3 Å². The van der Waals surface area contributed by atoms with Crippen molar-refractivity contribution in [2.24, 2.45) is 0 Å². The van der Waals surface area contributed by atoms with Gasteiger partial charge in [0.15, 0.2) is 0 Å². The molecule has 0 radical (unpaired) electrons. The van der Waals surface area contributed by atoms with E-state index in [2.05, 4.69) is 18.8 Å². The maximum Gasteiger partial charge on any atom is 0.347 e. The van der Waals surface area contributed by atoms with Crippen molar-refractivity contribution in [1.82, 2.24) is 0 Å². The van der Waals surface area contributed by atoms with Gasteiger partial charge in [0.25, 0.3) is 0 Å². The van der Waals surface area contributed by atoms with E-state index in [-0.39, 0.29) is 0 Å². The van der Waals surface area contributed by atoms with E-state index in [1.165, 1.54) is 0 Å². The largest absolute Gasteiger partial charge is 0.478 e. The minimum absolute atomic E-state index is 0.833. The smallest absolute Gasteiger partial charge is 0.347 e. The van der Waals surface area contributed by atoms with Crippen LogP contribution in [0, 0.1) is 0 Å². The zero-order chi connectivity index (χ0) is 7.86. The van der Waals surface area contributed by atoms with Crippen LogP contribution in [0.3, 0.4) is 0 Å². The molecule has 0 spiro atoms. The molecule has 0 aliphatic heterocycles. The molecule has 0 atom stereocenters. The molecule has 0 rings (SSSR count). The normalized spacial score (nSPS) is 6.22. The van der Waals surface area contributed by atoms with Crippen molar-refractivity contribution >= 4 is 23.4 Å².